The van der Waals surface area contributed by atoms with E-state index in [0.29, 0.717) is 35.2 Å². The summed E-state index contributed by atoms with van der Waals surface area (Å²) in [5.41, 5.74) is 8.01. The van der Waals surface area contributed by atoms with Gasteiger partial charge in [0.2, 0.25) is 0 Å². The monoisotopic (exact) mass is 564 g/mol. The Morgan fingerprint density at radius 3 is 1.85 bits per heavy atom. The molecule has 2 heterocycles. The summed E-state index contributed by atoms with van der Waals surface area (Å²) in [6.07, 6.45) is 1.43. The lowest BCUT2D eigenvalue weighted by Gasteiger charge is -2.38. The smallest absolute Gasteiger partial charge is 0.338 e. The highest BCUT2D eigenvalue weighted by molar-refractivity contribution is 8.11. The van der Waals surface area contributed by atoms with Gasteiger partial charge in [-0.1, -0.05) is 36.0 Å². The second-order valence-corrected chi connectivity index (χ2v) is 9.67. The Balaban J connectivity index is 1.91. The Labute approximate surface area is 237 Å². The van der Waals surface area contributed by atoms with Crippen molar-refractivity contribution in [3.63, 3.8) is 0 Å². The van der Waals surface area contributed by atoms with Crippen LogP contribution >= 0.6 is 11.8 Å². The third-order valence-corrected chi connectivity index (χ3v) is 7.34. The highest BCUT2D eigenvalue weighted by Gasteiger charge is 2.46. The van der Waals surface area contributed by atoms with Crippen molar-refractivity contribution in [2.75, 3.05) is 26.4 Å². The SMILES string of the molecule is CCOC(=O)C1=C(N)N2C(=O)C=C(c3ccc(OCC)cc3)SC2=C(C(=O)OCC)C1c1ccc(OCC)cc1. The first-order valence-electron chi connectivity index (χ1n) is 13.1. The molecule has 0 saturated heterocycles. The number of amides is 1. The number of fused-ring (bicyclic) bond motifs is 1. The van der Waals surface area contributed by atoms with Gasteiger partial charge < -0.3 is 24.7 Å². The van der Waals surface area contributed by atoms with Crippen molar-refractivity contribution >= 4 is 34.5 Å². The minimum Gasteiger partial charge on any atom is -0.494 e. The molecule has 2 aliphatic rings. The van der Waals surface area contributed by atoms with E-state index in [-0.39, 0.29) is 35.2 Å². The normalized spacial score (nSPS) is 16.8. The fourth-order valence-corrected chi connectivity index (χ4v) is 5.73. The van der Waals surface area contributed by atoms with E-state index in [0.717, 1.165) is 5.56 Å². The van der Waals surface area contributed by atoms with E-state index in [1.807, 2.05) is 38.1 Å². The number of hydrogen-bond donors (Lipinski definition) is 1. The molecule has 0 aliphatic carbocycles. The van der Waals surface area contributed by atoms with Crippen molar-refractivity contribution in [3.05, 3.63) is 87.7 Å². The van der Waals surface area contributed by atoms with Crippen molar-refractivity contribution in [3.8, 4) is 11.5 Å². The Hall–Kier alpha value is -4.18. The maximum Gasteiger partial charge on any atom is 0.338 e. The number of carbonyl (C=O) groups excluding carboxylic acids is 3. The van der Waals surface area contributed by atoms with Crippen LogP contribution in [0.4, 0.5) is 0 Å². The van der Waals surface area contributed by atoms with Gasteiger partial charge in [-0.3, -0.25) is 9.69 Å². The molecule has 1 unspecified atom stereocenters. The standard InChI is InChI=1S/C30H32N2O7S/c1-5-36-20-13-9-18(10-14-20)22-17-23(33)32-27(31)25(29(34)38-7-3)24(19-11-15-21(16-12-19)37-6-2)26(28(32)40-22)30(35)39-8-4/h9-17,24H,5-8,31H2,1-4H3. The van der Waals surface area contributed by atoms with Crippen molar-refractivity contribution in [1.82, 2.24) is 4.90 Å². The molecule has 0 saturated carbocycles. The van der Waals surface area contributed by atoms with Crippen LogP contribution in [0.1, 0.15) is 44.7 Å². The molecule has 2 N–H and O–H groups in total. The number of benzene rings is 2. The molecule has 40 heavy (non-hydrogen) atoms. The molecule has 10 heteroatoms. The second-order valence-electron chi connectivity index (χ2n) is 8.64. The topological polar surface area (TPSA) is 117 Å². The molecule has 0 bridgehead atoms. The lowest BCUT2D eigenvalue weighted by Crippen LogP contribution is -2.42. The fraction of sp³-hybridized carbons (Fsp3) is 0.300. The molecular weight excluding hydrogens is 532 g/mol. The van der Waals surface area contributed by atoms with Gasteiger partial charge in [0.1, 0.15) is 22.3 Å². The maximum absolute atomic E-state index is 13.6. The van der Waals surface area contributed by atoms with Crippen LogP contribution in [0.5, 0.6) is 11.5 Å². The van der Waals surface area contributed by atoms with E-state index in [9.17, 15) is 14.4 Å². The third kappa shape index (κ3) is 5.72. The molecule has 1 atom stereocenters. The number of ether oxygens (including phenoxy) is 4. The van der Waals surface area contributed by atoms with E-state index in [1.54, 1.807) is 38.1 Å². The molecule has 4 rings (SSSR count). The zero-order chi connectivity index (χ0) is 28.8. The van der Waals surface area contributed by atoms with E-state index >= 15 is 0 Å². The lowest BCUT2D eigenvalue weighted by molar-refractivity contribution is -0.139. The average molecular weight is 565 g/mol. The van der Waals surface area contributed by atoms with E-state index < -0.39 is 23.8 Å². The molecule has 2 aromatic rings. The summed E-state index contributed by atoms with van der Waals surface area (Å²) in [7, 11) is 0. The van der Waals surface area contributed by atoms with Gasteiger partial charge in [0.25, 0.3) is 5.91 Å². The first kappa shape index (κ1) is 28.8. The van der Waals surface area contributed by atoms with E-state index in [4.69, 9.17) is 24.7 Å². The van der Waals surface area contributed by atoms with Gasteiger partial charge in [-0.05, 0) is 63.1 Å². The van der Waals surface area contributed by atoms with Gasteiger partial charge in [0, 0.05) is 11.0 Å². The van der Waals surface area contributed by atoms with Gasteiger partial charge in [-0.25, -0.2) is 9.59 Å². The average Bonchev–Trinajstić information content (AvgIpc) is 2.94. The molecule has 0 spiro atoms. The Bertz CT molecular complexity index is 1380. The number of esters is 2. The van der Waals surface area contributed by atoms with Gasteiger partial charge in [-0.15, -0.1) is 0 Å². The molecular formula is C30H32N2O7S. The maximum atomic E-state index is 13.6. The predicted octanol–water partition coefficient (Wildman–Crippen LogP) is 4.71. The quantitative estimate of drug-likeness (QED) is 0.410. The number of hydrogen-bond acceptors (Lipinski definition) is 9. The van der Waals surface area contributed by atoms with E-state index in [2.05, 4.69) is 0 Å². The predicted molar refractivity (Wildman–Crippen MR) is 152 cm³/mol. The Morgan fingerprint density at radius 1 is 0.800 bits per heavy atom. The van der Waals surface area contributed by atoms with Crippen LogP contribution in [0.3, 0.4) is 0 Å². The molecule has 1 amide bonds. The molecule has 0 radical (unpaired) electrons. The molecule has 2 aliphatic heterocycles. The first-order chi connectivity index (χ1) is 19.3. The first-order valence-corrected chi connectivity index (χ1v) is 13.9. The molecule has 0 aromatic heterocycles. The molecule has 210 valence electrons. The van der Waals surface area contributed by atoms with Gasteiger partial charge in [0.15, 0.2) is 0 Å². The molecule has 2 aromatic carbocycles. The Kier molecular flexibility index (Phi) is 9.21. The number of nitrogens with two attached hydrogens (primary N) is 1. The minimum atomic E-state index is -0.944. The summed E-state index contributed by atoms with van der Waals surface area (Å²) in [6, 6.07) is 14.3. The highest BCUT2D eigenvalue weighted by Crippen LogP contribution is 2.50. The van der Waals surface area contributed by atoms with Crippen LogP contribution in [-0.2, 0) is 23.9 Å². The van der Waals surface area contributed by atoms with Crippen molar-refractivity contribution < 1.29 is 33.3 Å². The van der Waals surface area contributed by atoms with Crippen molar-refractivity contribution in [1.29, 1.82) is 0 Å². The summed E-state index contributed by atoms with van der Waals surface area (Å²) in [4.78, 5) is 42.2. The molecule has 9 nitrogen and oxygen atoms in total. The van der Waals surface area contributed by atoms with Crippen molar-refractivity contribution in [2.24, 2.45) is 5.73 Å². The summed E-state index contributed by atoms with van der Waals surface area (Å²) in [5.74, 6) is -1.59. The number of rotatable bonds is 10. The summed E-state index contributed by atoms with van der Waals surface area (Å²) >= 11 is 1.21. The lowest BCUT2D eigenvalue weighted by atomic mass is 9.82. The molecule has 0 fully saturated rings. The summed E-state index contributed by atoms with van der Waals surface area (Å²) < 4.78 is 21.9. The number of nitrogens with zero attached hydrogens (tertiary/aromatic N) is 1. The highest BCUT2D eigenvalue weighted by atomic mass is 32.2. The third-order valence-electron chi connectivity index (χ3n) is 6.17. The zero-order valence-corrected chi connectivity index (χ0v) is 23.7. The van der Waals surface area contributed by atoms with Gasteiger partial charge in [0.05, 0.1) is 43.5 Å². The van der Waals surface area contributed by atoms with Gasteiger partial charge >= 0.3 is 11.9 Å². The van der Waals surface area contributed by atoms with E-state index in [1.165, 1.54) is 22.7 Å². The van der Waals surface area contributed by atoms with Crippen LogP contribution in [-0.4, -0.2) is 49.2 Å². The van der Waals surface area contributed by atoms with Crippen LogP contribution in [0.25, 0.3) is 4.91 Å². The minimum absolute atomic E-state index is 0.00956. The van der Waals surface area contributed by atoms with Crippen LogP contribution in [0, 0.1) is 0 Å². The summed E-state index contributed by atoms with van der Waals surface area (Å²) in [6.45, 7) is 8.33. The van der Waals surface area contributed by atoms with Gasteiger partial charge in [-0.2, -0.15) is 0 Å². The number of carbonyl (C=O) groups is 3. The second kappa shape index (κ2) is 12.8. The number of thioether (sulfide) groups is 1. The van der Waals surface area contributed by atoms with Crippen LogP contribution < -0.4 is 15.2 Å². The largest absolute Gasteiger partial charge is 0.494 e. The fourth-order valence-electron chi connectivity index (χ4n) is 4.52. The van der Waals surface area contributed by atoms with Crippen molar-refractivity contribution in [2.45, 2.75) is 33.6 Å². The van der Waals surface area contributed by atoms with Crippen LogP contribution in [0.2, 0.25) is 0 Å². The Morgan fingerprint density at radius 2 is 1.32 bits per heavy atom. The van der Waals surface area contributed by atoms with Crippen LogP contribution in [0.15, 0.2) is 76.6 Å². The zero-order valence-electron chi connectivity index (χ0n) is 22.9. The summed E-state index contributed by atoms with van der Waals surface area (Å²) in [5, 5.41) is 0.277.